The van der Waals surface area contributed by atoms with E-state index in [2.05, 4.69) is 36.8 Å². The molecule has 2 aromatic rings. The topological polar surface area (TPSA) is 69.8 Å². The van der Waals surface area contributed by atoms with E-state index in [0.29, 0.717) is 10.8 Å². The van der Waals surface area contributed by atoms with E-state index in [0.717, 1.165) is 41.7 Å². The minimum atomic E-state index is 0. The molecule has 0 atom stereocenters. The molecule has 1 aromatic heterocycles. The average Bonchev–Trinajstić information content (AvgIpc) is 2.99. The van der Waals surface area contributed by atoms with E-state index in [9.17, 15) is 4.79 Å². The lowest BCUT2D eigenvalue weighted by atomic mass is 9.97. The normalized spacial score (nSPS) is 15.0. The molecule has 23 heavy (non-hydrogen) atoms. The summed E-state index contributed by atoms with van der Waals surface area (Å²) >= 11 is 9.63. The number of piperidine rings is 1. The van der Waals surface area contributed by atoms with Gasteiger partial charge in [-0.25, -0.2) is 0 Å². The number of rotatable bonds is 3. The Morgan fingerprint density at radius 3 is 2.78 bits per heavy atom. The Morgan fingerprint density at radius 1 is 1.30 bits per heavy atom. The van der Waals surface area contributed by atoms with Crippen molar-refractivity contribution in [1.82, 2.24) is 15.5 Å². The molecule has 0 saturated carbocycles. The fourth-order valence-electron chi connectivity index (χ4n) is 2.54. The molecular formula is C15H17BrCl2N4O. The van der Waals surface area contributed by atoms with E-state index < -0.39 is 0 Å². The van der Waals surface area contributed by atoms with Crippen LogP contribution in [-0.4, -0.2) is 29.2 Å². The van der Waals surface area contributed by atoms with E-state index in [1.165, 1.54) is 0 Å². The van der Waals surface area contributed by atoms with E-state index in [-0.39, 0.29) is 24.2 Å². The molecule has 0 bridgehead atoms. The van der Waals surface area contributed by atoms with E-state index in [1.54, 1.807) is 6.07 Å². The van der Waals surface area contributed by atoms with Gasteiger partial charge in [0.2, 0.25) is 5.91 Å². The maximum atomic E-state index is 12.2. The largest absolute Gasteiger partial charge is 0.317 e. The molecule has 0 unspecified atom stereocenters. The highest BCUT2D eigenvalue weighted by molar-refractivity contribution is 9.10. The summed E-state index contributed by atoms with van der Waals surface area (Å²) < 4.78 is 0.932. The zero-order valence-electron chi connectivity index (χ0n) is 12.2. The molecule has 0 radical (unpaired) electrons. The van der Waals surface area contributed by atoms with Crippen LogP contribution in [0.3, 0.4) is 0 Å². The fourth-order valence-corrected chi connectivity index (χ4v) is 3.12. The number of aromatic nitrogens is 2. The Labute approximate surface area is 154 Å². The minimum absolute atomic E-state index is 0. The zero-order chi connectivity index (χ0) is 15.5. The zero-order valence-corrected chi connectivity index (χ0v) is 15.4. The maximum absolute atomic E-state index is 12.2. The molecule has 3 N–H and O–H groups in total. The van der Waals surface area contributed by atoms with E-state index in [4.69, 9.17) is 11.6 Å². The standard InChI is InChI=1S/C15H16BrClN4O.ClH/c16-10-1-2-12(17)11(7-10)13-8-14(21-20-13)19-15(22)9-3-5-18-6-4-9;/h1-2,7-9,18H,3-6H2,(H2,19,20,21,22);1H. The lowest BCUT2D eigenvalue weighted by Gasteiger charge is -2.21. The number of amides is 1. The summed E-state index contributed by atoms with van der Waals surface area (Å²) in [7, 11) is 0. The third-order valence-electron chi connectivity index (χ3n) is 3.76. The van der Waals surface area contributed by atoms with Crippen LogP contribution >= 0.6 is 39.9 Å². The number of benzene rings is 1. The molecule has 1 fully saturated rings. The Morgan fingerprint density at radius 2 is 2.04 bits per heavy atom. The van der Waals surface area contributed by atoms with Gasteiger partial charge in [-0.3, -0.25) is 9.89 Å². The molecule has 1 aromatic carbocycles. The van der Waals surface area contributed by atoms with Gasteiger partial charge in [0.15, 0.2) is 5.82 Å². The Hall–Kier alpha value is -1.08. The molecule has 8 heteroatoms. The van der Waals surface area contributed by atoms with Crippen LogP contribution in [0.5, 0.6) is 0 Å². The van der Waals surface area contributed by atoms with Crippen LogP contribution < -0.4 is 10.6 Å². The molecular weight excluding hydrogens is 403 g/mol. The van der Waals surface area contributed by atoms with Crippen molar-refractivity contribution >= 4 is 51.7 Å². The summed E-state index contributed by atoms with van der Waals surface area (Å²) in [5, 5.41) is 13.8. The highest BCUT2D eigenvalue weighted by Crippen LogP contribution is 2.30. The highest BCUT2D eigenvalue weighted by atomic mass is 79.9. The van der Waals surface area contributed by atoms with Gasteiger partial charge in [-0.2, -0.15) is 5.10 Å². The predicted molar refractivity (Wildman–Crippen MR) is 98.2 cm³/mol. The van der Waals surface area contributed by atoms with Crippen molar-refractivity contribution in [2.24, 2.45) is 5.92 Å². The van der Waals surface area contributed by atoms with Crippen molar-refractivity contribution in [3.63, 3.8) is 0 Å². The Balaban J connectivity index is 0.00000192. The van der Waals surface area contributed by atoms with Gasteiger partial charge in [-0.15, -0.1) is 12.4 Å². The Bertz CT molecular complexity index is 686. The van der Waals surface area contributed by atoms with Crippen LogP contribution in [0.2, 0.25) is 5.02 Å². The van der Waals surface area contributed by atoms with Crippen LogP contribution in [-0.2, 0) is 4.79 Å². The molecule has 0 aliphatic carbocycles. The highest BCUT2D eigenvalue weighted by Gasteiger charge is 2.21. The number of hydrogen-bond acceptors (Lipinski definition) is 3. The van der Waals surface area contributed by atoms with Gasteiger partial charge in [-0.05, 0) is 44.1 Å². The van der Waals surface area contributed by atoms with Gasteiger partial charge >= 0.3 is 0 Å². The summed E-state index contributed by atoms with van der Waals surface area (Å²) in [6.07, 6.45) is 1.72. The SMILES string of the molecule is Cl.O=C(Nc1cc(-c2cc(Br)ccc2Cl)[nH]n1)C1CCNCC1. The van der Waals surface area contributed by atoms with Gasteiger partial charge < -0.3 is 10.6 Å². The second-order valence-corrected chi connectivity index (χ2v) is 6.63. The number of halogens is 3. The lowest BCUT2D eigenvalue weighted by molar-refractivity contribution is -0.120. The van der Waals surface area contributed by atoms with Crippen LogP contribution in [0.25, 0.3) is 11.3 Å². The van der Waals surface area contributed by atoms with Crippen molar-refractivity contribution in [3.05, 3.63) is 33.8 Å². The monoisotopic (exact) mass is 418 g/mol. The third kappa shape index (κ3) is 4.47. The fraction of sp³-hybridized carbons (Fsp3) is 0.333. The lowest BCUT2D eigenvalue weighted by Crippen LogP contribution is -2.34. The Kier molecular flexibility index (Phi) is 6.47. The molecule has 1 aliphatic rings. The van der Waals surface area contributed by atoms with Crippen molar-refractivity contribution in [2.75, 3.05) is 18.4 Å². The number of aromatic amines is 1. The second kappa shape index (κ2) is 8.15. The summed E-state index contributed by atoms with van der Waals surface area (Å²) in [4.78, 5) is 12.2. The van der Waals surface area contributed by atoms with Crippen molar-refractivity contribution < 1.29 is 4.79 Å². The number of nitrogens with one attached hydrogen (secondary N) is 3. The quantitative estimate of drug-likeness (QED) is 0.707. The van der Waals surface area contributed by atoms with Gasteiger partial charge in [-0.1, -0.05) is 27.5 Å². The number of carbonyl (C=O) groups is 1. The van der Waals surface area contributed by atoms with Gasteiger partial charge in [0.25, 0.3) is 0 Å². The average molecular weight is 420 g/mol. The summed E-state index contributed by atoms with van der Waals surface area (Å²) in [5.74, 6) is 0.602. The predicted octanol–water partition coefficient (Wildman–Crippen LogP) is 3.85. The maximum Gasteiger partial charge on any atom is 0.228 e. The molecule has 0 spiro atoms. The van der Waals surface area contributed by atoms with Crippen molar-refractivity contribution in [2.45, 2.75) is 12.8 Å². The molecule has 1 amide bonds. The van der Waals surface area contributed by atoms with Crippen LogP contribution in [0.15, 0.2) is 28.7 Å². The molecule has 124 valence electrons. The number of carbonyl (C=O) groups excluding carboxylic acids is 1. The molecule has 2 heterocycles. The first-order valence-electron chi connectivity index (χ1n) is 7.16. The minimum Gasteiger partial charge on any atom is -0.317 e. The molecule has 1 aliphatic heterocycles. The third-order valence-corrected chi connectivity index (χ3v) is 4.58. The summed E-state index contributed by atoms with van der Waals surface area (Å²) in [5.41, 5.74) is 1.61. The molecule has 1 saturated heterocycles. The first-order valence-corrected chi connectivity index (χ1v) is 8.33. The second-order valence-electron chi connectivity index (χ2n) is 5.30. The van der Waals surface area contributed by atoms with E-state index >= 15 is 0 Å². The number of anilines is 1. The van der Waals surface area contributed by atoms with Crippen LogP contribution in [0.4, 0.5) is 5.82 Å². The first-order chi connectivity index (χ1) is 10.6. The van der Waals surface area contributed by atoms with E-state index in [1.807, 2.05) is 18.2 Å². The van der Waals surface area contributed by atoms with Gasteiger partial charge in [0, 0.05) is 22.0 Å². The number of nitrogens with zero attached hydrogens (tertiary/aromatic N) is 1. The smallest absolute Gasteiger partial charge is 0.228 e. The first kappa shape index (κ1) is 18.3. The number of H-pyrrole nitrogens is 1. The van der Waals surface area contributed by atoms with Crippen LogP contribution in [0.1, 0.15) is 12.8 Å². The van der Waals surface area contributed by atoms with Crippen LogP contribution in [0, 0.1) is 5.92 Å². The number of hydrogen-bond donors (Lipinski definition) is 3. The van der Waals surface area contributed by atoms with Gasteiger partial charge in [0.1, 0.15) is 0 Å². The van der Waals surface area contributed by atoms with Crippen molar-refractivity contribution in [1.29, 1.82) is 0 Å². The molecule has 3 rings (SSSR count). The summed E-state index contributed by atoms with van der Waals surface area (Å²) in [6.45, 7) is 1.77. The summed E-state index contributed by atoms with van der Waals surface area (Å²) in [6, 6.07) is 7.40. The van der Waals surface area contributed by atoms with Crippen molar-refractivity contribution in [3.8, 4) is 11.3 Å². The van der Waals surface area contributed by atoms with Gasteiger partial charge in [0.05, 0.1) is 10.7 Å². The molecule has 5 nitrogen and oxygen atoms in total.